The third-order valence-corrected chi connectivity index (χ3v) is 8.68. The summed E-state index contributed by atoms with van der Waals surface area (Å²) in [6.45, 7) is 0. The lowest BCUT2D eigenvalue weighted by Crippen LogP contribution is -2.18. The van der Waals surface area contributed by atoms with E-state index in [-0.39, 0.29) is 11.8 Å². The van der Waals surface area contributed by atoms with Crippen molar-refractivity contribution < 1.29 is 0 Å². The molecular weight excluding hydrogens is 480 g/mol. The average Bonchev–Trinajstić information content (AvgIpc) is 3.37. The molecule has 0 radical (unpaired) electrons. The summed E-state index contributed by atoms with van der Waals surface area (Å²) in [5, 5.41) is 2.75. The van der Waals surface area contributed by atoms with Gasteiger partial charge in [-0.05, 0) is 66.4 Å². The SMILES string of the molecule is c1ccc(C2=C(c3ccccc3)[C@@H]3c4cccc5cccc(c45)[C@@H]3C(c3ccccc3)=C2c2ccccc2)cc1. The molecular formula is C40H28. The van der Waals surface area contributed by atoms with E-state index in [0.717, 1.165) is 0 Å². The molecule has 0 bridgehead atoms. The summed E-state index contributed by atoms with van der Waals surface area (Å²) in [6.07, 6.45) is 0. The molecule has 2 atom stereocenters. The van der Waals surface area contributed by atoms with Crippen molar-refractivity contribution in [3.05, 3.63) is 191 Å². The Labute approximate surface area is 235 Å². The van der Waals surface area contributed by atoms with Crippen LogP contribution in [0.3, 0.4) is 0 Å². The number of allylic oxidation sites excluding steroid dienone is 4. The highest BCUT2D eigenvalue weighted by Gasteiger charge is 2.45. The van der Waals surface area contributed by atoms with Crippen LogP contribution in [0.15, 0.2) is 158 Å². The first-order valence-electron chi connectivity index (χ1n) is 14.1. The molecule has 0 saturated heterocycles. The van der Waals surface area contributed by atoms with E-state index in [9.17, 15) is 0 Å². The van der Waals surface area contributed by atoms with E-state index in [1.165, 1.54) is 66.4 Å². The second kappa shape index (κ2) is 9.36. The standard InChI is InChI=1S/C40H28/c1-5-15-28(16-6-1)35-36(29-17-7-2-8-18-29)38(31-21-11-4-12-22-31)40-33-26-14-24-27-23-13-25-32(34(27)33)39(40)37(35)30-19-9-3-10-20-30/h1-26,39-40H/t39-,40+. The Morgan fingerprint density at radius 3 is 1.02 bits per heavy atom. The zero-order chi connectivity index (χ0) is 26.5. The third kappa shape index (κ3) is 3.46. The highest BCUT2D eigenvalue weighted by atomic mass is 14.5. The molecule has 2 aliphatic rings. The Hall–Kier alpha value is -4.94. The van der Waals surface area contributed by atoms with Gasteiger partial charge in [0, 0.05) is 11.8 Å². The monoisotopic (exact) mass is 508 g/mol. The lowest BCUT2D eigenvalue weighted by atomic mass is 9.64. The minimum absolute atomic E-state index is 0.210. The fourth-order valence-corrected chi connectivity index (χ4v) is 7.19. The second-order valence-electron chi connectivity index (χ2n) is 10.8. The van der Waals surface area contributed by atoms with Crippen molar-refractivity contribution in [2.24, 2.45) is 0 Å². The Bertz CT molecular complexity index is 1770. The molecule has 0 fully saturated rings. The zero-order valence-corrected chi connectivity index (χ0v) is 22.2. The van der Waals surface area contributed by atoms with E-state index in [2.05, 4.69) is 158 Å². The van der Waals surface area contributed by atoms with Crippen LogP contribution in [-0.4, -0.2) is 0 Å². The van der Waals surface area contributed by atoms with Crippen LogP contribution >= 0.6 is 0 Å². The van der Waals surface area contributed by atoms with Gasteiger partial charge in [0.1, 0.15) is 0 Å². The molecule has 0 amide bonds. The summed E-state index contributed by atoms with van der Waals surface area (Å²) in [5.41, 5.74) is 13.5. The lowest BCUT2D eigenvalue weighted by Gasteiger charge is -2.38. The molecule has 6 aromatic carbocycles. The predicted molar refractivity (Wildman–Crippen MR) is 169 cm³/mol. The van der Waals surface area contributed by atoms with Gasteiger partial charge in [0.25, 0.3) is 0 Å². The van der Waals surface area contributed by atoms with Crippen LogP contribution in [0.2, 0.25) is 0 Å². The topological polar surface area (TPSA) is 0 Å². The smallest absolute Gasteiger partial charge is 0.0218 e. The van der Waals surface area contributed by atoms with Gasteiger partial charge in [-0.3, -0.25) is 0 Å². The first kappa shape index (κ1) is 23.0. The van der Waals surface area contributed by atoms with Crippen molar-refractivity contribution >= 4 is 33.1 Å². The van der Waals surface area contributed by atoms with Gasteiger partial charge in [0.05, 0.1) is 0 Å². The normalized spacial score (nSPS) is 17.8. The summed E-state index contributed by atoms with van der Waals surface area (Å²) in [6, 6.07) is 58.0. The van der Waals surface area contributed by atoms with Crippen molar-refractivity contribution in [3.63, 3.8) is 0 Å². The fraction of sp³-hybridized carbons (Fsp3) is 0.0500. The Balaban J connectivity index is 1.60. The molecule has 0 aromatic heterocycles. The van der Waals surface area contributed by atoms with Crippen LogP contribution < -0.4 is 0 Å². The number of hydrogen-bond donors (Lipinski definition) is 0. The molecule has 6 aromatic rings. The third-order valence-electron chi connectivity index (χ3n) is 8.68. The molecule has 0 heteroatoms. The maximum Gasteiger partial charge on any atom is 0.0218 e. The number of benzene rings is 6. The van der Waals surface area contributed by atoms with E-state index in [4.69, 9.17) is 0 Å². The van der Waals surface area contributed by atoms with Crippen LogP contribution in [0.25, 0.3) is 33.1 Å². The molecule has 0 unspecified atom stereocenters. The van der Waals surface area contributed by atoms with E-state index in [0.29, 0.717) is 0 Å². The Kier molecular flexibility index (Phi) is 5.38. The summed E-state index contributed by atoms with van der Waals surface area (Å²) in [5.74, 6) is 0.419. The van der Waals surface area contributed by atoms with Crippen LogP contribution in [0, 0.1) is 0 Å². The molecule has 2 aliphatic carbocycles. The van der Waals surface area contributed by atoms with Gasteiger partial charge in [0.2, 0.25) is 0 Å². The van der Waals surface area contributed by atoms with E-state index < -0.39 is 0 Å². The minimum atomic E-state index is 0.210. The molecule has 0 N–H and O–H groups in total. The lowest BCUT2D eigenvalue weighted by molar-refractivity contribution is 0.807. The van der Waals surface area contributed by atoms with Crippen molar-refractivity contribution in [1.82, 2.24) is 0 Å². The van der Waals surface area contributed by atoms with Gasteiger partial charge in [-0.25, -0.2) is 0 Å². The largest absolute Gasteiger partial charge is 0.0622 e. The number of fused-ring (bicyclic) bond motifs is 3. The van der Waals surface area contributed by atoms with E-state index in [1.807, 2.05) is 0 Å². The summed E-state index contributed by atoms with van der Waals surface area (Å²) in [7, 11) is 0. The quantitative estimate of drug-likeness (QED) is 0.222. The van der Waals surface area contributed by atoms with E-state index in [1.54, 1.807) is 0 Å². The highest BCUT2D eigenvalue weighted by Crippen LogP contribution is 2.64. The van der Waals surface area contributed by atoms with Crippen LogP contribution in [0.5, 0.6) is 0 Å². The van der Waals surface area contributed by atoms with Gasteiger partial charge >= 0.3 is 0 Å². The van der Waals surface area contributed by atoms with Crippen molar-refractivity contribution in [2.45, 2.75) is 11.8 Å². The Morgan fingerprint density at radius 2 is 0.650 bits per heavy atom. The number of rotatable bonds is 4. The van der Waals surface area contributed by atoms with Crippen LogP contribution in [-0.2, 0) is 0 Å². The zero-order valence-electron chi connectivity index (χ0n) is 22.2. The maximum atomic E-state index is 2.37. The molecule has 0 aliphatic heterocycles. The average molecular weight is 509 g/mol. The van der Waals surface area contributed by atoms with Crippen molar-refractivity contribution in [2.75, 3.05) is 0 Å². The van der Waals surface area contributed by atoms with E-state index >= 15 is 0 Å². The van der Waals surface area contributed by atoms with Crippen molar-refractivity contribution in [1.29, 1.82) is 0 Å². The fourth-order valence-electron chi connectivity index (χ4n) is 7.19. The second-order valence-corrected chi connectivity index (χ2v) is 10.8. The molecule has 0 heterocycles. The van der Waals surface area contributed by atoms with Crippen molar-refractivity contribution in [3.8, 4) is 0 Å². The number of hydrogen-bond acceptors (Lipinski definition) is 0. The molecule has 0 saturated carbocycles. The molecule has 40 heavy (non-hydrogen) atoms. The van der Waals surface area contributed by atoms with Crippen LogP contribution in [0.1, 0.15) is 45.2 Å². The Morgan fingerprint density at radius 1 is 0.300 bits per heavy atom. The van der Waals surface area contributed by atoms with Gasteiger partial charge < -0.3 is 0 Å². The first-order chi connectivity index (χ1) is 19.9. The summed E-state index contributed by atoms with van der Waals surface area (Å²) >= 11 is 0. The minimum Gasteiger partial charge on any atom is -0.0622 e. The first-order valence-corrected chi connectivity index (χ1v) is 14.1. The molecule has 8 rings (SSSR count). The summed E-state index contributed by atoms with van der Waals surface area (Å²) in [4.78, 5) is 0. The van der Waals surface area contributed by atoms with Crippen LogP contribution in [0.4, 0.5) is 0 Å². The van der Waals surface area contributed by atoms with Gasteiger partial charge in [-0.1, -0.05) is 158 Å². The predicted octanol–water partition coefficient (Wildman–Crippen LogP) is 10.3. The van der Waals surface area contributed by atoms with Gasteiger partial charge in [-0.15, -0.1) is 0 Å². The van der Waals surface area contributed by atoms with Gasteiger partial charge in [0.15, 0.2) is 0 Å². The maximum absolute atomic E-state index is 2.37. The molecule has 0 spiro atoms. The van der Waals surface area contributed by atoms with Gasteiger partial charge in [-0.2, -0.15) is 0 Å². The highest BCUT2D eigenvalue weighted by molar-refractivity contribution is 6.26. The molecule has 188 valence electrons. The molecule has 0 nitrogen and oxygen atoms in total. The summed E-state index contributed by atoms with van der Waals surface area (Å²) < 4.78 is 0.